The van der Waals surface area contributed by atoms with E-state index in [0.29, 0.717) is 0 Å². The van der Waals surface area contributed by atoms with E-state index in [-0.39, 0.29) is 103 Å². The second-order valence-electron chi connectivity index (χ2n) is 3.51. The normalized spacial score (nSPS) is 40.6. The van der Waals surface area contributed by atoms with Gasteiger partial charge in [0.25, 0.3) is 0 Å². The van der Waals surface area contributed by atoms with Gasteiger partial charge in [0, 0.05) is 103 Å². The Kier molecular flexibility index (Phi) is 12.2. The molecular formula is C6H13K2O9P. The van der Waals surface area contributed by atoms with Crippen LogP contribution < -0.4 is 0 Å². The number of hydrogen-bond donors (Lipinski definition) is 7. The average molecular weight is 338 g/mol. The summed E-state index contributed by atoms with van der Waals surface area (Å²) in [5.41, 5.74) is 0. The summed E-state index contributed by atoms with van der Waals surface area (Å²) in [6.07, 6.45) is -11.3. The molecule has 1 aliphatic rings. The molecule has 0 heterocycles. The van der Waals surface area contributed by atoms with Crippen LogP contribution in [0.1, 0.15) is 0 Å². The van der Waals surface area contributed by atoms with Gasteiger partial charge in [0.05, 0.1) is 0 Å². The predicted octanol–water partition coefficient (Wildman–Crippen LogP) is -4.48. The summed E-state index contributed by atoms with van der Waals surface area (Å²) in [5.74, 6) is 0. The molecule has 98 valence electrons. The van der Waals surface area contributed by atoms with Crippen molar-refractivity contribution in [2.24, 2.45) is 0 Å². The van der Waals surface area contributed by atoms with Crippen LogP contribution in [0.15, 0.2) is 0 Å². The standard InChI is InChI=1S/C6H13O9P.2K/c7-1-2(8)4(10)6(5(11)3(1)9)15-16(12,13)14;;/h1-11H,(H2,12,13,14);;/t1?,2-,3+,4-,5-,6?;;/m1../s1. The van der Waals surface area contributed by atoms with Gasteiger partial charge in [-0.05, 0) is 0 Å². The molecule has 0 spiro atoms. The first kappa shape index (κ1) is 23.4. The summed E-state index contributed by atoms with van der Waals surface area (Å²) in [4.78, 5) is 17.0. The van der Waals surface area contributed by atoms with Crippen molar-refractivity contribution in [2.45, 2.75) is 36.6 Å². The van der Waals surface area contributed by atoms with Crippen LogP contribution in [0.4, 0.5) is 0 Å². The Labute approximate surface area is 188 Å². The van der Waals surface area contributed by atoms with Gasteiger partial charge in [0.2, 0.25) is 0 Å². The average Bonchev–Trinajstić information content (AvgIpc) is 2.17. The monoisotopic (exact) mass is 338 g/mol. The van der Waals surface area contributed by atoms with Gasteiger partial charge < -0.3 is 35.3 Å². The molecule has 2 unspecified atom stereocenters. The van der Waals surface area contributed by atoms with Crippen molar-refractivity contribution in [1.82, 2.24) is 0 Å². The third kappa shape index (κ3) is 6.12. The third-order valence-corrected chi connectivity index (χ3v) is 2.85. The van der Waals surface area contributed by atoms with Crippen LogP contribution in [-0.2, 0) is 9.09 Å². The molecule has 0 aromatic heterocycles. The Morgan fingerprint density at radius 3 is 1.28 bits per heavy atom. The van der Waals surface area contributed by atoms with Crippen molar-refractivity contribution in [2.75, 3.05) is 0 Å². The number of phosphoric ester groups is 1. The van der Waals surface area contributed by atoms with Crippen molar-refractivity contribution in [3.05, 3.63) is 0 Å². The molecule has 9 nitrogen and oxygen atoms in total. The van der Waals surface area contributed by atoms with Crippen molar-refractivity contribution in [3.8, 4) is 0 Å². The van der Waals surface area contributed by atoms with E-state index < -0.39 is 44.4 Å². The van der Waals surface area contributed by atoms with Crippen LogP contribution in [-0.4, -0.2) is 175 Å². The summed E-state index contributed by atoms with van der Waals surface area (Å²) in [6, 6.07) is 0. The Morgan fingerprint density at radius 1 is 0.722 bits per heavy atom. The minimum Gasteiger partial charge on any atom is -0.387 e. The largest absolute Gasteiger partial charge is 0.470 e. The smallest absolute Gasteiger partial charge is 0.387 e. The topological polar surface area (TPSA) is 168 Å². The van der Waals surface area contributed by atoms with E-state index in [1.54, 1.807) is 0 Å². The number of hydrogen-bond acceptors (Lipinski definition) is 7. The first-order valence-corrected chi connectivity index (χ1v) is 5.82. The summed E-state index contributed by atoms with van der Waals surface area (Å²) in [5, 5.41) is 46.1. The number of phosphoric acid groups is 1. The second-order valence-corrected chi connectivity index (χ2v) is 4.71. The Morgan fingerprint density at radius 2 is 1.00 bits per heavy atom. The fraction of sp³-hybridized carbons (Fsp3) is 1.00. The molecule has 0 aliphatic heterocycles. The summed E-state index contributed by atoms with van der Waals surface area (Å²) in [6.45, 7) is 0. The molecule has 2 radical (unpaired) electrons. The maximum atomic E-state index is 10.5. The molecule has 6 atom stereocenters. The molecule has 7 N–H and O–H groups in total. The minimum atomic E-state index is -5.01. The maximum absolute atomic E-state index is 10.5. The number of aliphatic hydroxyl groups excluding tert-OH is 5. The van der Waals surface area contributed by atoms with Gasteiger partial charge in [0.15, 0.2) is 0 Å². The van der Waals surface area contributed by atoms with Gasteiger partial charge in [-0.3, -0.25) is 4.52 Å². The van der Waals surface area contributed by atoms with E-state index in [2.05, 4.69) is 4.52 Å². The molecular weight excluding hydrogens is 325 g/mol. The van der Waals surface area contributed by atoms with Crippen LogP contribution in [0.25, 0.3) is 0 Å². The van der Waals surface area contributed by atoms with E-state index in [9.17, 15) is 25.0 Å². The number of rotatable bonds is 2. The fourth-order valence-corrected chi connectivity index (χ4v) is 2.05. The van der Waals surface area contributed by atoms with Crippen molar-refractivity contribution < 1.29 is 44.4 Å². The van der Waals surface area contributed by atoms with Gasteiger partial charge in [-0.25, -0.2) is 4.57 Å². The Balaban J connectivity index is 0. The molecule has 1 saturated carbocycles. The molecule has 0 bridgehead atoms. The zero-order valence-corrected chi connectivity index (χ0v) is 17.0. The number of aliphatic hydroxyl groups is 5. The van der Waals surface area contributed by atoms with Gasteiger partial charge in [0.1, 0.15) is 36.6 Å². The van der Waals surface area contributed by atoms with Crippen LogP contribution in [0.2, 0.25) is 0 Å². The fourth-order valence-electron chi connectivity index (χ4n) is 1.48. The molecule has 18 heavy (non-hydrogen) atoms. The molecule has 0 amide bonds. The molecule has 1 fully saturated rings. The predicted molar refractivity (Wildman–Crippen MR) is 58.5 cm³/mol. The summed E-state index contributed by atoms with van der Waals surface area (Å²) >= 11 is 0. The van der Waals surface area contributed by atoms with Crippen molar-refractivity contribution >= 4 is 111 Å². The summed E-state index contributed by atoms with van der Waals surface area (Å²) < 4.78 is 14.5. The Bertz CT molecular complexity index is 283. The minimum absolute atomic E-state index is 0. The molecule has 1 aliphatic carbocycles. The molecule has 0 saturated heterocycles. The second kappa shape index (κ2) is 9.35. The van der Waals surface area contributed by atoms with E-state index >= 15 is 0 Å². The van der Waals surface area contributed by atoms with Crippen molar-refractivity contribution in [3.63, 3.8) is 0 Å². The van der Waals surface area contributed by atoms with Gasteiger partial charge in [-0.1, -0.05) is 0 Å². The van der Waals surface area contributed by atoms with Gasteiger partial charge in [-0.15, -0.1) is 0 Å². The first-order valence-electron chi connectivity index (χ1n) is 4.29. The van der Waals surface area contributed by atoms with Gasteiger partial charge >= 0.3 is 7.82 Å². The van der Waals surface area contributed by atoms with E-state index in [1.807, 2.05) is 0 Å². The zero-order chi connectivity index (χ0) is 12.7. The first-order chi connectivity index (χ1) is 7.15. The third-order valence-electron chi connectivity index (χ3n) is 2.33. The van der Waals surface area contributed by atoms with Gasteiger partial charge in [-0.2, -0.15) is 0 Å². The molecule has 0 aromatic carbocycles. The SMILES string of the molecule is O=P(O)(O)OC1[C@H](O)[C@H](O)C(O)[C@H](O)[C@H]1O.[K].[K]. The maximum Gasteiger partial charge on any atom is 0.470 e. The van der Waals surface area contributed by atoms with Crippen LogP contribution in [0.3, 0.4) is 0 Å². The Hall–Kier alpha value is 3.18. The van der Waals surface area contributed by atoms with E-state index in [4.69, 9.17) is 14.9 Å². The van der Waals surface area contributed by atoms with Crippen molar-refractivity contribution in [1.29, 1.82) is 0 Å². The van der Waals surface area contributed by atoms with Crippen LogP contribution in [0, 0.1) is 0 Å². The van der Waals surface area contributed by atoms with E-state index in [1.165, 1.54) is 0 Å². The van der Waals surface area contributed by atoms with Crippen LogP contribution in [0.5, 0.6) is 0 Å². The quantitative estimate of drug-likeness (QED) is 0.194. The molecule has 12 heteroatoms. The van der Waals surface area contributed by atoms with E-state index in [0.717, 1.165) is 0 Å². The molecule has 1 rings (SSSR count). The summed E-state index contributed by atoms with van der Waals surface area (Å²) in [7, 11) is -5.01. The molecule has 0 aromatic rings. The zero-order valence-electron chi connectivity index (χ0n) is 9.86. The van der Waals surface area contributed by atoms with Crippen LogP contribution >= 0.6 is 7.82 Å².